The third-order valence-electron chi connectivity index (χ3n) is 4.04. The molecule has 7 heteroatoms. The molecule has 1 fully saturated rings. The molecule has 4 N–H and O–H groups in total. The average Bonchev–Trinajstić information content (AvgIpc) is 2.44. The molecule has 0 radical (unpaired) electrons. The Balaban J connectivity index is 2.13. The largest absolute Gasteiger partial charge is 0.464 e. The first kappa shape index (κ1) is 14.8. The van der Waals surface area contributed by atoms with Crippen molar-refractivity contribution >= 4 is 11.9 Å². The number of nitrogens with zero attached hydrogens (tertiary/aromatic N) is 3. The minimum Gasteiger partial charge on any atom is -0.464 e. The molecule has 0 amide bonds. The van der Waals surface area contributed by atoms with Crippen LogP contribution in [0.5, 0.6) is 6.01 Å². The summed E-state index contributed by atoms with van der Waals surface area (Å²) in [5, 5.41) is 3.40. The highest BCUT2D eigenvalue weighted by Crippen LogP contribution is 2.31. The Morgan fingerprint density at radius 1 is 1.20 bits per heavy atom. The quantitative estimate of drug-likeness (QED) is 0.558. The lowest BCUT2D eigenvalue weighted by Crippen LogP contribution is -2.35. The molecule has 7 nitrogen and oxygen atoms in total. The molecule has 0 aromatic carbocycles. The van der Waals surface area contributed by atoms with Crippen LogP contribution in [0.1, 0.15) is 40.0 Å². The number of nitrogens with two attached hydrogens (primary N) is 1. The fourth-order valence-electron chi connectivity index (χ4n) is 2.63. The molecule has 2 rings (SSSR count). The van der Waals surface area contributed by atoms with Gasteiger partial charge in [0, 0.05) is 6.04 Å². The molecule has 1 aromatic rings. The first-order chi connectivity index (χ1) is 9.63. The predicted molar refractivity (Wildman–Crippen MR) is 78.4 cm³/mol. The smallest absolute Gasteiger partial charge is 0.323 e. The van der Waals surface area contributed by atoms with E-state index in [1.54, 1.807) is 0 Å². The van der Waals surface area contributed by atoms with Crippen molar-refractivity contribution in [2.45, 2.75) is 46.1 Å². The number of aromatic nitrogens is 3. The Kier molecular flexibility index (Phi) is 4.94. The monoisotopic (exact) mass is 280 g/mol. The van der Waals surface area contributed by atoms with Gasteiger partial charge in [0.2, 0.25) is 11.9 Å². The molecular formula is C13H24N6O. The maximum atomic E-state index is 5.38. The number of ether oxygens (including phenoxy) is 1. The van der Waals surface area contributed by atoms with Crippen LogP contribution in [0.15, 0.2) is 0 Å². The Hall–Kier alpha value is -1.63. The zero-order chi connectivity index (χ0) is 14.5. The van der Waals surface area contributed by atoms with Gasteiger partial charge in [0.25, 0.3) is 0 Å². The molecule has 0 spiro atoms. The summed E-state index contributed by atoms with van der Waals surface area (Å²) in [4.78, 5) is 12.6. The van der Waals surface area contributed by atoms with E-state index in [-0.39, 0.29) is 6.01 Å². The van der Waals surface area contributed by atoms with E-state index in [1.165, 1.54) is 12.8 Å². The van der Waals surface area contributed by atoms with E-state index in [0.717, 1.165) is 6.42 Å². The maximum Gasteiger partial charge on any atom is 0.323 e. The normalized spacial score (nSPS) is 26.1. The van der Waals surface area contributed by atoms with Crippen molar-refractivity contribution in [3.8, 4) is 6.01 Å². The van der Waals surface area contributed by atoms with Gasteiger partial charge < -0.3 is 10.1 Å². The predicted octanol–water partition coefficient (Wildman–Crippen LogP) is 1.79. The minimum absolute atomic E-state index is 0.287. The van der Waals surface area contributed by atoms with E-state index in [9.17, 15) is 0 Å². The van der Waals surface area contributed by atoms with Gasteiger partial charge >= 0.3 is 6.01 Å². The molecule has 0 aliphatic heterocycles. The van der Waals surface area contributed by atoms with Gasteiger partial charge in [-0.1, -0.05) is 26.7 Å². The lowest BCUT2D eigenvalue weighted by molar-refractivity contribution is 0.252. The van der Waals surface area contributed by atoms with Gasteiger partial charge in [0.1, 0.15) is 0 Å². The van der Waals surface area contributed by atoms with Crippen LogP contribution < -0.4 is 21.3 Å². The highest BCUT2D eigenvalue weighted by molar-refractivity contribution is 5.36. The van der Waals surface area contributed by atoms with Gasteiger partial charge in [-0.05, 0) is 25.2 Å². The second kappa shape index (κ2) is 6.69. The molecule has 1 aliphatic rings. The molecule has 1 heterocycles. The van der Waals surface area contributed by atoms with E-state index in [1.807, 2.05) is 6.92 Å². The Labute approximate surface area is 119 Å². The number of hydrazine groups is 1. The molecule has 1 saturated carbocycles. The van der Waals surface area contributed by atoms with Crippen molar-refractivity contribution in [2.75, 3.05) is 17.3 Å². The van der Waals surface area contributed by atoms with E-state index >= 15 is 0 Å². The van der Waals surface area contributed by atoms with Gasteiger partial charge in [0.05, 0.1) is 6.61 Å². The molecule has 20 heavy (non-hydrogen) atoms. The third kappa shape index (κ3) is 3.47. The zero-order valence-electron chi connectivity index (χ0n) is 12.4. The number of hydrogen-bond donors (Lipinski definition) is 3. The topological polar surface area (TPSA) is 98.0 Å². The van der Waals surface area contributed by atoms with Crippen LogP contribution in [-0.2, 0) is 0 Å². The molecule has 3 atom stereocenters. The highest BCUT2D eigenvalue weighted by atomic mass is 16.5. The summed E-state index contributed by atoms with van der Waals surface area (Å²) in [6, 6.07) is 0.663. The molecule has 112 valence electrons. The van der Waals surface area contributed by atoms with Gasteiger partial charge in [0.15, 0.2) is 0 Å². The van der Waals surface area contributed by atoms with Gasteiger partial charge in [-0.3, -0.25) is 5.43 Å². The van der Waals surface area contributed by atoms with Crippen molar-refractivity contribution in [2.24, 2.45) is 17.7 Å². The molecule has 3 unspecified atom stereocenters. The lowest BCUT2D eigenvalue weighted by Gasteiger charge is -2.34. The first-order valence-corrected chi connectivity index (χ1v) is 7.26. The highest BCUT2D eigenvalue weighted by Gasteiger charge is 2.27. The minimum atomic E-state index is 0.287. The lowest BCUT2D eigenvalue weighted by atomic mass is 9.78. The van der Waals surface area contributed by atoms with Gasteiger partial charge in [-0.2, -0.15) is 15.0 Å². The van der Waals surface area contributed by atoms with Crippen LogP contribution in [-0.4, -0.2) is 27.6 Å². The number of hydrogen-bond acceptors (Lipinski definition) is 7. The Morgan fingerprint density at radius 2 is 1.95 bits per heavy atom. The summed E-state index contributed by atoms with van der Waals surface area (Å²) in [6.07, 6.45) is 3.65. The van der Waals surface area contributed by atoms with E-state index in [0.29, 0.717) is 36.4 Å². The Bertz CT molecular complexity index is 441. The number of anilines is 2. The summed E-state index contributed by atoms with van der Waals surface area (Å²) in [6.45, 7) is 6.96. The van der Waals surface area contributed by atoms with Crippen molar-refractivity contribution in [1.82, 2.24) is 15.0 Å². The number of rotatable bonds is 5. The van der Waals surface area contributed by atoms with Crippen molar-refractivity contribution < 1.29 is 4.74 Å². The summed E-state index contributed by atoms with van der Waals surface area (Å²) in [5.41, 5.74) is 2.44. The first-order valence-electron chi connectivity index (χ1n) is 7.26. The van der Waals surface area contributed by atoms with E-state index in [2.05, 4.69) is 39.5 Å². The van der Waals surface area contributed by atoms with Crippen LogP contribution in [0.25, 0.3) is 0 Å². The third-order valence-corrected chi connectivity index (χ3v) is 4.04. The van der Waals surface area contributed by atoms with E-state index in [4.69, 9.17) is 10.6 Å². The SMILES string of the molecule is CCOc1nc(NN)nc(NC2CCCC(C)C2C)n1. The summed E-state index contributed by atoms with van der Waals surface area (Å²) in [5.74, 6) is 7.50. The standard InChI is InChI=1S/C13H24N6O/c1-4-20-13-17-11(16-12(18-13)19-14)15-10-7-5-6-8(2)9(10)3/h8-10H,4-7,14H2,1-3H3,(H2,15,16,17,18,19). The Morgan fingerprint density at radius 3 is 2.65 bits per heavy atom. The molecule has 1 aromatic heterocycles. The average molecular weight is 280 g/mol. The molecule has 0 bridgehead atoms. The van der Waals surface area contributed by atoms with Crippen molar-refractivity contribution in [3.63, 3.8) is 0 Å². The maximum absolute atomic E-state index is 5.38. The molecule has 0 saturated heterocycles. The second-order valence-electron chi connectivity index (χ2n) is 5.36. The fourth-order valence-corrected chi connectivity index (χ4v) is 2.63. The molecular weight excluding hydrogens is 256 g/mol. The van der Waals surface area contributed by atoms with Crippen LogP contribution in [0, 0.1) is 11.8 Å². The summed E-state index contributed by atoms with van der Waals surface area (Å²) in [7, 11) is 0. The van der Waals surface area contributed by atoms with Gasteiger partial charge in [-0.25, -0.2) is 5.84 Å². The number of nitrogen functional groups attached to an aromatic ring is 1. The van der Waals surface area contributed by atoms with Crippen molar-refractivity contribution in [3.05, 3.63) is 0 Å². The second-order valence-corrected chi connectivity index (χ2v) is 5.36. The van der Waals surface area contributed by atoms with E-state index < -0.39 is 0 Å². The number of nitrogens with one attached hydrogen (secondary N) is 2. The van der Waals surface area contributed by atoms with Crippen molar-refractivity contribution in [1.29, 1.82) is 0 Å². The fraction of sp³-hybridized carbons (Fsp3) is 0.769. The molecule has 1 aliphatic carbocycles. The van der Waals surface area contributed by atoms with Crippen LogP contribution in [0.4, 0.5) is 11.9 Å². The van der Waals surface area contributed by atoms with Crippen LogP contribution >= 0.6 is 0 Å². The van der Waals surface area contributed by atoms with Crippen LogP contribution in [0.3, 0.4) is 0 Å². The summed E-state index contributed by atoms with van der Waals surface area (Å²) >= 11 is 0. The summed E-state index contributed by atoms with van der Waals surface area (Å²) < 4.78 is 5.33. The van der Waals surface area contributed by atoms with Gasteiger partial charge in [-0.15, -0.1) is 0 Å². The zero-order valence-corrected chi connectivity index (χ0v) is 12.4. The van der Waals surface area contributed by atoms with Crippen LogP contribution in [0.2, 0.25) is 0 Å².